The van der Waals surface area contributed by atoms with Crippen LogP contribution in [0.1, 0.15) is 29.8 Å². The predicted molar refractivity (Wildman–Crippen MR) is 71.5 cm³/mol. The Hall–Kier alpha value is -1.68. The molecule has 1 amide bonds. The van der Waals surface area contributed by atoms with E-state index >= 15 is 0 Å². The average Bonchev–Trinajstić information content (AvgIpc) is 2.78. The highest BCUT2D eigenvalue weighted by Gasteiger charge is 2.25. The summed E-state index contributed by atoms with van der Waals surface area (Å²) in [4.78, 5) is 21.6. The fourth-order valence-electron chi connectivity index (χ4n) is 1.70. The molecule has 1 heterocycles. The van der Waals surface area contributed by atoms with Crippen molar-refractivity contribution in [2.45, 2.75) is 20.4 Å². The molecule has 0 saturated carbocycles. The number of ether oxygens (including phenoxy) is 1. The Bertz CT molecular complexity index is 366. The summed E-state index contributed by atoms with van der Waals surface area (Å²) >= 11 is 0. The second-order valence-electron chi connectivity index (χ2n) is 3.38. The van der Waals surface area contributed by atoms with Gasteiger partial charge >= 0.3 is 0 Å². The summed E-state index contributed by atoms with van der Waals surface area (Å²) in [5.41, 5.74) is 1.96. The zero-order valence-electron chi connectivity index (χ0n) is 11.3. The van der Waals surface area contributed by atoms with Crippen LogP contribution in [0, 0.1) is 0 Å². The maximum atomic E-state index is 11.8. The largest absolute Gasteiger partial charge is 0.383 e. The van der Waals surface area contributed by atoms with Gasteiger partial charge in [-0.1, -0.05) is 32.0 Å². The molecule has 0 radical (unpaired) electrons. The Morgan fingerprint density at radius 1 is 1.28 bits per heavy atom. The van der Waals surface area contributed by atoms with E-state index in [2.05, 4.69) is 0 Å². The van der Waals surface area contributed by atoms with Crippen molar-refractivity contribution < 1.29 is 14.3 Å². The van der Waals surface area contributed by atoms with Crippen LogP contribution in [0.2, 0.25) is 0 Å². The van der Waals surface area contributed by atoms with E-state index < -0.39 is 0 Å². The highest BCUT2D eigenvalue weighted by molar-refractivity contribution is 5.98. The number of benzene rings is 1. The Labute approximate surface area is 109 Å². The summed E-state index contributed by atoms with van der Waals surface area (Å²) < 4.78 is 4.96. The highest BCUT2D eigenvalue weighted by atomic mass is 16.5. The van der Waals surface area contributed by atoms with Crippen LogP contribution in [-0.4, -0.2) is 37.9 Å². The molecular formula is C14H21NO3. The number of methoxy groups -OCH3 is 1. The van der Waals surface area contributed by atoms with Crippen LogP contribution in [0.15, 0.2) is 24.3 Å². The first-order valence-electron chi connectivity index (χ1n) is 5.98. The van der Waals surface area contributed by atoms with Gasteiger partial charge in [0, 0.05) is 25.8 Å². The van der Waals surface area contributed by atoms with Crippen LogP contribution in [0.3, 0.4) is 0 Å². The number of hydrogen-bond acceptors (Lipinski definition) is 3. The van der Waals surface area contributed by atoms with Gasteiger partial charge in [-0.15, -0.1) is 0 Å². The third kappa shape index (κ3) is 3.96. The van der Waals surface area contributed by atoms with Crippen molar-refractivity contribution in [1.29, 1.82) is 0 Å². The summed E-state index contributed by atoms with van der Waals surface area (Å²) in [6.45, 7) is 7.99. The van der Waals surface area contributed by atoms with E-state index in [9.17, 15) is 4.79 Å². The molecule has 100 valence electrons. The van der Waals surface area contributed by atoms with Crippen molar-refractivity contribution in [2.75, 3.05) is 20.3 Å². The molecule has 1 aliphatic heterocycles. The van der Waals surface area contributed by atoms with Gasteiger partial charge in [0.05, 0.1) is 6.61 Å². The van der Waals surface area contributed by atoms with Crippen molar-refractivity contribution in [2.24, 2.45) is 0 Å². The molecule has 4 heteroatoms. The zero-order chi connectivity index (χ0) is 14.0. The number of nitrogens with zero attached hydrogens (tertiary/aromatic N) is 1. The maximum absolute atomic E-state index is 11.8. The topological polar surface area (TPSA) is 46.6 Å². The molecule has 0 bridgehead atoms. The van der Waals surface area contributed by atoms with E-state index in [1.54, 1.807) is 7.11 Å². The molecule has 4 nitrogen and oxygen atoms in total. The van der Waals surface area contributed by atoms with Crippen molar-refractivity contribution in [3.63, 3.8) is 0 Å². The lowest BCUT2D eigenvalue weighted by atomic mass is 10.1. The lowest BCUT2D eigenvalue weighted by Gasteiger charge is -2.14. The minimum absolute atomic E-state index is 0.123. The number of amides is 1. The molecule has 0 N–H and O–H groups in total. The molecule has 18 heavy (non-hydrogen) atoms. The number of carbonyl (C=O) groups is 2. The van der Waals surface area contributed by atoms with Gasteiger partial charge in [-0.05, 0) is 11.6 Å². The summed E-state index contributed by atoms with van der Waals surface area (Å²) in [6, 6.07) is 7.74. The first-order chi connectivity index (χ1) is 8.83. The van der Waals surface area contributed by atoms with Gasteiger partial charge in [-0.3, -0.25) is 4.79 Å². The van der Waals surface area contributed by atoms with Gasteiger partial charge in [0.2, 0.25) is 0 Å². The number of carbonyl (C=O) groups excluding carboxylic acids is 2. The molecule has 1 aromatic carbocycles. The van der Waals surface area contributed by atoms with Crippen LogP contribution in [0.4, 0.5) is 0 Å². The van der Waals surface area contributed by atoms with Crippen molar-refractivity contribution in [1.82, 2.24) is 4.90 Å². The van der Waals surface area contributed by atoms with E-state index in [-0.39, 0.29) is 5.91 Å². The molecule has 0 aliphatic carbocycles. The summed E-state index contributed by atoms with van der Waals surface area (Å²) in [5.74, 6) is 0.123. The molecule has 0 fully saturated rings. The second-order valence-corrected chi connectivity index (χ2v) is 3.38. The summed E-state index contributed by atoms with van der Waals surface area (Å²) in [6.07, 6.45) is 0. The lowest BCUT2D eigenvalue weighted by molar-refractivity contribution is -0.0979. The lowest BCUT2D eigenvalue weighted by Crippen LogP contribution is -2.27. The van der Waals surface area contributed by atoms with E-state index in [1.807, 2.05) is 49.8 Å². The minimum atomic E-state index is 0.123. The van der Waals surface area contributed by atoms with Crippen LogP contribution in [-0.2, 0) is 16.1 Å². The van der Waals surface area contributed by atoms with Gasteiger partial charge in [0.1, 0.15) is 6.79 Å². The standard InChI is InChI=1S/C11H13NO2.C2H6.CH2O/c1-14-7-6-12-8-9-4-2-3-5-10(9)11(12)13;2*1-2/h2-5H,6-8H2,1H3;1-2H3;1H2. The molecule has 1 aromatic rings. The van der Waals surface area contributed by atoms with Crippen LogP contribution >= 0.6 is 0 Å². The quantitative estimate of drug-likeness (QED) is 0.826. The molecule has 0 spiro atoms. The Kier molecular flexibility index (Phi) is 8.49. The number of hydrogen-bond donors (Lipinski definition) is 0. The molecule has 0 unspecified atom stereocenters. The fourth-order valence-corrected chi connectivity index (χ4v) is 1.70. The molecule has 0 atom stereocenters. The Morgan fingerprint density at radius 2 is 1.89 bits per heavy atom. The molecule has 2 rings (SSSR count). The summed E-state index contributed by atoms with van der Waals surface area (Å²) in [5, 5.41) is 0. The average molecular weight is 251 g/mol. The first kappa shape index (κ1) is 16.3. The monoisotopic (exact) mass is 251 g/mol. The van der Waals surface area contributed by atoms with Crippen molar-refractivity contribution in [3.8, 4) is 0 Å². The van der Waals surface area contributed by atoms with Crippen LogP contribution in [0.5, 0.6) is 0 Å². The third-order valence-electron chi connectivity index (χ3n) is 2.46. The molecule has 0 aromatic heterocycles. The maximum Gasteiger partial charge on any atom is 0.254 e. The number of rotatable bonds is 3. The predicted octanol–water partition coefficient (Wildman–Crippen LogP) is 2.13. The van der Waals surface area contributed by atoms with Gasteiger partial charge in [0.25, 0.3) is 5.91 Å². The first-order valence-corrected chi connectivity index (χ1v) is 5.98. The fraction of sp³-hybridized carbons (Fsp3) is 0.429. The Balaban J connectivity index is 0.000000659. The van der Waals surface area contributed by atoms with Gasteiger partial charge < -0.3 is 14.4 Å². The van der Waals surface area contributed by atoms with Gasteiger partial charge in [-0.25, -0.2) is 0 Å². The third-order valence-corrected chi connectivity index (χ3v) is 2.46. The normalized spacial score (nSPS) is 11.9. The molecule has 0 saturated heterocycles. The van der Waals surface area contributed by atoms with Gasteiger partial charge in [-0.2, -0.15) is 0 Å². The van der Waals surface area contributed by atoms with E-state index in [0.717, 1.165) is 17.7 Å². The SMILES string of the molecule is C=O.CC.COCCN1Cc2ccccc2C1=O. The van der Waals surface area contributed by atoms with E-state index in [0.29, 0.717) is 13.2 Å². The Morgan fingerprint density at radius 3 is 2.44 bits per heavy atom. The second kappa shape index (κ2) is 9.36. The highest BCUT2D eigenvalue weighted by Crippen LogP contribution is 2.21. The minimum Gasteiger partial charge on any atom is -0.383 e. The zero-order valence-corrected chi connectivity index (χ0v) is 11.3. The number of fused-ring (bicyclic) bond motifs is 1. The molecule has 1 aliphatic rings. The van der Waals surface area contributed by atoms with Crippen molar-refractivity contribution in [3.05, 3.63) is 35.4 Å². The summed E-state index contributed by atoms with van der Waals surface area (Å²) in [7, 11) is 1.65. The van der Waals surface area contributed by atoms with Gasteiger partial charge in [0.15, 0.2) is 0 Å². The van der Waals surface area contributed by atoms with E-state index in [1.165, 1.54) is 0 Å². The smallest absolute Gasteiger partial charge is 0.254 e. The van der Waals surface area contributed by atoms with Crippen LogP contribution in [0.25, 0.3) is 0 Å². The van der Waals surface area contributed by atoms with Crippen molar-refractivity contribution >= 4 is 12.7 Å². The van der Waals surface area contributed by atoms with Crippen LogP contribution < -0.4 is 0 Å². The molecular weight excluding hydrogens is 230 g/mol. The van der Waals surface area contributed by atoms with E-state index in [4.69, 9.17) is 9.53 Å².